The number of alkyl halides is 3. The molecule has 0 fully saturated rings. The Morgan fingerprint density at radius 2 is 1.86 bits per heavy atom. The van der Waals surface area contributed by atoms with Crippen LogP contribution in [0.5, 0.6) is 0 Å². The maximum absolute atomic E-state index is 11.7. The minimum atomic E-state index is -4.17. The van der Waals surface area contributed by atoms with E-state index in [9.17, 15) is 13.2 Å². The lowest BCUT2D eigenvalue weighted by atomic mass is 10.4. The predicted molar refractivity (Wildman–Crippen MR) is 46.2 cm³/mol. The lowest BCUT2D eigenvalue weighted by Gasteiger charge is -2.06. The first-order valence-corrected chi connectivity index (χ1v) is 4.13. The molecule has 0 spiro atoms. The third-order valence-electron chi connectivity index (χ3n) is 1.31. The number of hydrogen-bond acceptors (Lipinski definition) is 3. The highest BCUT2D eigenvalue weighted by Crippen LogP contribution is 2.18. The summed E-state index contributed by atoms with van der Waals surface area (Å²) in [6.07, 6.45) is -2.46. The number of hydrogen-bond donors (Lipinski definition) is 1. The quantitative estimate of drug-likeness (QED) is 0.859. The molecule has 1 heterocycles. The third kappa shape index (κ3) is 4.27. The van der Waals surface area contributed by atoms with Gasteiger partial charge in [0.2, 0.25) is 5.95 Å². The molecule has 0 saturated heterocycles. The average Bonchev–Trinajstić information content (AvgIpc) is 2.06. The van der Waals surface area contributed by atoms with Crippen molar-refractivity contribution in [3.63, 3.8) is 0 Å². The second kappa shape index (κ2) is 4.45. The number of aromatic nitrogens is 2. The van der Waals surface area contributed by atoms with Gasteiger partial charge in [-0.25, -0.2) is 9.97 Å². The second-order valence-corrected chi connectivity index (χ2v) is 2.95. The van der Waals surface area contributed by atoms with E-state index >= 15 is 0 Å². The zero-order valence-electron chi connectivity index (χ0n) is 6.98. The van der Waals surface area contributed by atoms with Crippen molar-refractivity contribution in [2.24, 2.45) is 0 Å². The summed E-state index contributed by atoms with van der Waals surface area (Å²) in [5, 5.41) is 2.77. The summed E-state index contributed by atoms with van der Waals surface area (Å²) in [4.78, 5) is 7.35. The Hall–Kier alpha value is -1.04. The summed E-state index contributed by atoms with van der Waals surface area (Å²) >= 11 is 5.49. The topological polar surface area (TPSA) is 37.8 Å². The van der Waals surface area contributed by atoms with E-state index in [1.807, 2.05) is 0 Å². The Morgan fingerprint density at radius 1 is 1.29 bits per heavy atom. The molecule has 1 aromatic heterocycles. The van der Waals surface area contributed by atoms with Gasteiger partial charge in [-0.1, -0.05) is 11.6 Å². The molecular weight excluding hydrogens is 219 g/mol. The number of nitrogens with one attached hydrogen (secondary N) is 1. The van der Waals surface area contributed by atoms with Gasteiger partial charge in [0.25, 0.3) is 0 Å². The first kappa shape index (κ1) is 11.0. The number of halogens is 4. The van der Waals surface area contributed by atoms with Crippen molar-refractivity contribution in [1.29, 1.82) is 0 Å². The van der Waals surface area contributed by atoms with E-state index in [1.165, 1.54) is 12.4 Å². The molecule has 0 unspecified atom stereocenters. The van der Waals surface area contributed by atoms with Crippen LogP contribution in [0.3, 0.4) is 0 Å². The molecule has 0 amide bonds. The van der Waals surface area contributed by atoms with Crippen LogP contribution >= 0.6 is 11.6 Å². The Bertz CT molecular complexity index is 285. The van der Waals surface area contributed by atoms with Crippen LogP contribution in [0.4, 0.5) is 19.1 Å². The molecular formula is C7H7ClF3N3. The number of anilines is 1. The minimum absolute atomic E-state index is 0.138. The molecule has 0 saturated carbocycles. The van der Waals surface area contributed by atoms with Crippen LogP contribution in [-0.4, -0.2) is 22.7 Å². The van der Waals surface area contributed by atoms with Crippen molar-refractivity contribution < 1.29 is 13.2 Å². The molecule has 1 rings (SSSR count). The van der Waals surface area contributed by atoms with E-state index < -0.39 is 12.6 Å². The number of nitrogens with zero attached hydrogens (tertiary/aromatic N) is 2. The second-order valence-electron chi connectivity index (χ2n) is 2.52. The lowest BCUT2D eigenvalue weighted by Crippen LogP contribution is -2.15. The van der Waals surface area contributed by atoms with Crippen LogP contribution in [0.15, 0.2) is 12.4 Å². The zero-order chi connectivity index (χ0) is 10.6. The SMILES string of the molecule is FC(F)(F)CCNc1ncc(Cl)cn1. The smallest absolute Gasteiger partial charge is 0.354 e. The molecule has 0 radical (unpaired) electrons. The molecule has 3 nitrogen and oxygen atoms in total. The summed E-state index contributed by atoms with van der Waals surface area (Å²) < 4.78 is 35.2. The van der Waals surface area contributed by atoms with Crippen LogP contribution in [-0.2, 0) is 0 Å². The standard InChI is InChI=1S/C7H7ClF3N3/c8-5-3-13-6(14-4-5)12-2-1-7(9,10)11/h3-4H,1-2H2,(H,12,13,14). The average molecular weight is 226 g/mol. The van der Waals surface area contributed by atoms with E-state index in [-0.39, 0.29) is 12.5 Å². The van der Waals surface area contributed by atoms with Crippen molar-refractivity contribution >= 4 is 17.5 Å². The maximum atomic E-state index is 11.7. The first-order valence-electron chi connectivity index (χ1n) is 3.75. The highest BCUT2D eigenvalue weighted by Gasteiger charge is 2.26. The fourth-order valence-electron chi connectivity index (χ4n) is 0.720. The van der Waals surface area contributed by atoms with E-state index in [0.717, 1.165) is 0 Å². The molecule has 0 aliphatic rings. The maximum Gasteiger partial charge on any atom is 0.390 e. The lowest BCUT2D eigenvalue weighted by molar-refractivity contribution is -0.131. The molecule has 78 valence electrons. The summed E-state index contributed by atoms with van der Waals surface area (Å²) in [5.41, 5.74) is 0. The van der Waals surface area contributed by atoms with Crippen molar-refractivity contribution in [1.82, 2.24) is 9.97 Å². The van der Waals surface area contributed by atoms with Gasteiger partial charge < -0.3 is 5.32 Å². The molecule has 14 heavy (non-hydrogen) atoms. The molecule has 7 heteroatoms. The van der Waals surface area contributed by atoms with E-state index in [1.54, 1.807) is 0 Å². The molecule has 0 aliphatic carbocycles. The largest absolute Gasteiger partial charge is 0.390 e. The fraction of sp³-hybridized carbons (Fsp3) is 0.429. The van der Waals surface area contributed by atoms with Gasteiger partial charge in [0, 0.05) is 6.54 Å². The van der Waals surface area contributed by atoms with E-state index in [4.69, 9.17) is 11.6 Å². The van der Waals surface area contributed by atoms with Gasteiger partial charge in [0.1, 0.15) is 0 Å². The van der Waals surface area contributed by atoms with Gasteiger partial charge in [-0.05, 0) is 0 Å². The molecule has 1 N–H and O–H groups in total. The van der Waals surface area contributed by atoms with Crippen LogP contribution in [0.25, 0.3) is 0 Å². The van der Waals surface area contributed by atoms with Gasteiger partial charge in [-0.15, -0.1) is 0 Å². The summed E-state index contributed by atoms with van der Waals surface area (Å²) in [6, 6.07) is 0. The van der Waals surface area contributed by atoms with Gasteiger partial charge >= 0.3 is 6.18 Å². The van der Waals surface area contributed by atoms with Gasteiger partial charge in [0.05, 0.1) is 23.8 Å². The van der Waals surface area contributed by atoms with Crippen LogP contribution in [0.2, 0.25) is 5.02 Å². The highest BCUT2D eigenvalue weighted by molar-refractivity contribution is 6.30. The first-order chi connectivity index (χ1) is 6.47. The highest BCUT2D eigenvalue weighted by atomic mass is 35.5. The fourth-order valence-corrected chi connectivity index (χ4v) is 0.817. The molecule has 0 aromatic carbocycles. The Morgan fingerprint density at radius 3 is 2.36 bits per heavy atom. The van der Waals surface area contributed by atoms with Gasteiger partial charge in [-0.2, -0.15) is 13.2 Å². The van der Waals surface area contributed by atoms with Crippen molar-refractivity contribution in [2.75, 3.05) is 11.9 Å². The van der Waals surface area contributed by atoms with Crippen molar-refractivity contribution in [3.8, 4) is 0 Å². The number of rotatable bonds is 3. The Kier molecular flexibility index (Phi) is 3.51. The molecule has 0 aliphatic heterocycles. The molecule has 0 bridgehead atoms. The monoisotopic (exact) mass is 225 g/mol. The van der Waals surface area contributed by atoms with E-state index in [2.05, 4.69) is 15.3 Å². The Labute approximate surface area is 83.3 Å². The Balaban J connectivity index is 2.35. The van der Waals surface area contributed by atoms with Gasteiger partial charge in [0.15, 0.2) is 0 Å². The van der Waals surface area contributed by atoms with Crippen LogP contribution in [0.1, 0.15) is 6.42 Å². The normalized spacial score (nSPS) is 11.4. The van der Waals surface area contributed by atoms with Gasteiger partial charge in [-0.3, -0.25) is 0 Å². The predicted octanol–water partition coefficient (Wildman–Crippen LogP) is 2.49. The third-order valence-corrected chi connectivity index (χ3v) is 1.51. The zero-order valence-corrected chi connectivity index (χ0v) is 7.73. The van der Waals surface area contributed by atoms with E-state index in [0.29, 0.717) is 5.02 Å². The van der Waals surface area contributed by atoms with Crippen LogP contribution in [0, 0.1) is 0 Å². The molecule has 1 aromatic rings. The van der Waals surface area contributed by atoms with Crippen molar-refractivity contribution in [3.05, 3.63) is 17.4 Å². The molecule has 0 atom stereocenters. The summed E-state index contributed by atoms with van der Waals surface area (Å²) in [5.74, 6) is 0.138. The summed E-state index contributed by atoms with van der Waals surface area (Å²) in [7, 11) is 0. The minimum Gasteiger partial charge on any atom is -0.354 e. The van der Waals surface area contributed by atoms with Crippen molar-refractivity contribution in [2.45, 2.75) is 12.6 Å². The summed E-state index contributed by atoms with van der Waals surface area (Å²) in [6.45, 7) is -0.245. The van der Waals surface area contributed by atoms with Crippen LogP contribution < -0.4 is 5.32 Å².